The van der Waals surface area contributed by atoms with Crippen molar-refractivity contribution in [3.05, 3.63) is 11.6 Å². The number of piperidine rings is 1. The minimum absolute atomic E-state index is 0.0330. The van der Waals surface area contributed by atoms with Gasteiger partial charge in [0.25, 0.3) is 0 Å². The van der Waals surface area contributed by atoms with Crippen LogP contribution in [0.1, 0.15) is 99.8 Å². The lowest BCUT2D eigenvalue weighted by atomic mass is 9.47. The van der Waals surface area contributed by atoms with E-state index in [0.717, 1.165) is 32.2 Å². The van der Waals surface area contributed by atoms with Gasteiger partial charge in [-0.15, -0.1) is 0 Å². The van der Waals surface area contributed by atoms with Crippen LogP contribution in [0.2, 0.25) is 0 Å². The molecule has 27 atom stereocenters. The molecule has 9 aliphatic rings. The lowest BCUT2D eigenvalue weighted by Gasteiger charge is -2.58. The lowest BCUT2D eigenvalue weighted by molar-refractivity contribution is -0.388. The fourth-order valence-electron chi connectivity index (χ4n) is 15.1. The number of aliphatic hydroxyl groups is 8. The minimum atomic E-state index is -1.71. The molecule has 3 saturated carbocycles. The van der Waals surface area contributed by atoms with Crippen molar-refractivity contribution in [2.24, 2.45) is 46.3 Å². The van der Waals surface area contributed by atoms with Gasteiger partial charge in [0.05, 0.1) is 24.9 Å². The molecule has 4 aliphatic carbocycles. The Labute approximate surface area is 376 Å². The van der Waals surface area contributed by atoms with Crippen molar-refractivity contribution in [2.45, 2.75) is 216 Å². The highest BCUT2D eigenvalue weighted by molar-refractivity contribution is 5.66. The molecule has 5 heterocycles. The van der Waals surface area contributed by atoms with Gasteiger partial charge in [-0.3, -0.25) is 9.69 Å². The van der Waals surface area contributed by atoms with E-state index in [0.29, 0.717) is 54.4 Å². The molecule has 0 aromatic carbocycles. The summed E-state index contributed by atoms with van der Waals surface area (Å²) < 4.78 is 42.7. The molecule has 64 heavy (non-hydrogen) atoms. The van der Waals surface area contributed by atoms with Crippen LogP contribution in [0.5, 0.6) is 0 Å². The number of esters is 1. The highest BCUT2D eigenvalue weighted by atomic mass is 16.8. The van der Waals surface area contributed by atoms with E-state index in [1.54, 1.807) is 0 Å². The van der Waals surface area contributed by atoms with Crippen LogP contribution in [-0.4, -0.2) is 181 Å². The Morgan fingerprint density at radius 3 is 2.03 bits per heavy atom. The molecule has 0 radical (unpaired) electrons. The first-order valence-corrected chi connectivity index (χ1v) is 24.2. The minimum Gasteiger partial charge on any atom is -0.461 e. The number of allylic oxidation sites excluding steroid dienone is 1. The van der Waals surface area contributed by atoms with Crippen molar-refractivity contribution in [1.29, 1.82) is 0 Å². The van der Waals surface area contributed by atoms with Crippen LogP contribution in [0.4, 0.5) is 0 Å². The summed E-state index contributed by atoms with van der Waals surface area (Å²) in [6.07, 6.45) is -11.9. The maximum absolute atomic E-state index is 12.2. The van der Waals surface area contributed by atoms with Crippen molar-refractivity contribution in [3.8, 4) is 0 Å². The fourth-order valence-corrected chi connectivity index (χ4v) is 15.1. The molecule has 9 rings (SSSR count). The van der Waals surface area contributed by atoms with Gasteiger partial charge in [-0.1, -0.05) is 39.3 Å². The van der Waals surface area contributed by atoms with Crippen LogP contribution >= 0.6 is 0 Å². The number of hydrogen-bond acceptors (Lipinski definition) is 17. The zero-order chi connectivity index (χ0) is 45.9. The van der Waals surface area contributed by atoms with Crippen LogP contribution in [0.3, 0.4) is 0 Å². The van der Waals surface area contributed by atoms with Gasteiger partial charge in [0.1, 0.15) is 67.1 Å². The second kappa shape index (κ2) is 17.8. The number of hydrogen-bond donors (Lipinski definition) is 8. The topological polar surface area (TPSA) is 247 Å². The van der Waals surface area contributed by atoms with E-state index in [4.69, 9.17) is 33.2 Å². The average molecular weight is 910 g/mol. The van der Waals surface area contributed by atoms with Crippen LogP contribution < -0.4 is 0 Å². The van der Waals surface area contributed by atoms with E-state index < -0.39 is 98.7 Å². The Balaban J connectivity index is 0.923. The van der Waals surface area contributed by atoms with Gasteiger partial charge >= 0.3 is 5.97 Å². The van der Waals surface area contributed by atoms with Gasteiger partial charge in [0, 0.05) is 25.6 Å². The second-order valence-electron chi connectivity index (χ2n) is 21.9. The van der Waals surface area contributed by atoms with E-state index in [-0.39, 0.29) is 35.0 Å². The van der Waals surface area contributed by atoms with Gasteiger partial charge in [-0.05, 0) is 112 Å². The highest BCUT2D eigenvalue weighted by Gasteiger charge is 2.68. The molecule has 0 amide bonds. The van der Waals surface area contributed by atoms with Gasteiger partial charge in [0.2, 0.25) is 0 Å². The number of rotatable bonds is 8. The quantitative estimate of drug-likeness (QED) is 0.124. The zero-order valence-corrected chi connectivity index (χ0v) is 38.4. The van der Waals surface area contributed by atoms with Crippen LogP contribution in [0, 0.1) is 46.3 Å². The molecule has 0 spiro atoms. The SMILES string of the molecule is CC(=O)O[C@H]1C[C@H](C)CN2[C@H]1[C@@H](C)[C@H]1[C@@H]2C[C@H]2[C@@H]3CC=C4C[C@@H](O[C@@H]5O[C@H](CO)[C@@H](O[C@@H]6O[C@@H](C)[C@H](O)[C@@H](O)[C@H]6O)[C@H](O)[C@H]5O[C@@H]5O[C@@H](C)[C@H](O)[C@@H](O)[C@H]5O)CC[C@]4(C)[C@H]3CC[C@]12C. The third-order valence-corrected chi connectivity index (χ3v) is 18.3. The van der Waals surface area contributed by atoms with Gasteiger partial charge < -0.3 is 74.0 Å². The normalized spacial score (nSPS) is 56.2. The molecular weight excluding hydrogens is 835 g/mol. The summed E-state index contributed by atoms with van der Waals surface area (Å²) in [5, 5.41) is 86.1. The van der Waals surface area contributed by atoms with E-state index in [1.807, 2.05) is 0 Å². The standard InChI is InChI=1S/C47H75NO16/c1-19-14-30(60-23(5)50)33-20(2)32-29(48(33)17-19)16-28-26-9-8-24-15-25(10-12-46(24,6)27(26)11-13-47(28,32)7)61-45-42(64-44-39(56)37(54)35(52)22(4)59-44)40(57)41(31(18-49)62-45)63-43-38(55)36(53)34(51)21(3)58-43/h8,19-22,25-45,49,51-57H,9-18H2,1-7H3/t19-,20-,21-,22-,25-,26+,27-,28-,29-,30-,31+,32-,33-,34-,35-,36+,37+,38+,39+,40-,41+,42+,43-,44-,45+,46-,47-/m0/s1. The summed E-state index contributed by atoms with van der Waals surface area (Å²) in [4.78, 5) is 15.0. The van der Waals surface area contributed by atoms with Crippen molar-refractivity contribution in [1.82, 2.24) is 4.90 Å². The van der Waals surface area contributed by atoms with E-state index >= 15 is 0 Å². The molecule has 17 heteroatoms. The van der Waals surface area contributed by atoms with Gasteiger partial charge in [-0.2, -0.15) is 0 Å². The Bertz CT molecular complexity index is 1720. The summed E-state index contributed by atoms with van der Waals surface area (Å²) in [6.45, 7) is 14.6. The van der Waals surface area contributed by atoms with Crippen molar-refractivity contribution >= 4 is 5.97 Å². The molecule has 0 aromatic rings. The lowest BCUT2D eigenvalue weighted by Crippen LogP contribution is -2.66. The van der Waals surface area contributed by atoms with Crippen LogP contribution in [0.25, 0.3) is 0 Å². The van der Waals surface area contributed by atoms with Crippen LogP contribution in [0.15, 0.2) is 11.6 Å². The Morgan fingerprint density at radius 1 is 0.766 bits per heavy atom. The number of ether oxygens (including phenoxy) is 7. The van der Waals surface area contributed by atoms with E-state index in [2.05, 4.69) is 38.7 Å². The third kappa shape index (κ3) is 7.85. The molecule has 17 nitrogen and oxygen atoms in total. The second-order valence-corrected chi connectivity index (χ2v) is 21.9. The molecule has 0 bridgehead atoms. The first-order valence-electron chi connectivity index (χ1n) is 24.2. The maximum atomic E-state index is 12.2. The first-order chi connectivity index (χ1) is 30.3. The molecule has 8 N–H and O–H groups in total. The molecular formula is C47H75NO16. The first kappa shape index (κ1) is 47.7. The summed E-state index contributed by atoms with van der Waals surface area (Å²) in [6, 6.07) is 0.766. The maximum Gasteiger partial charge on any atom is 0.302 e. The van der Waals surface area contributed by atoms with Gasteiger partial charge in [-0.25, -0.2) is 0 Å². The molecule has 0 unspecified atom stereocenters. The summed E-state index contributed by atoms with van der Waals surface area (Å²) in [7, 11) is 0. The summed E-state index contributed by atoms with van der Waals surface area (Å²) >= 11 is 0. The molecule has 0 aromatic heterocycles. The number of fused-ring (bicyclic) bond motifs is 9. The molecule has 364 valence electrons. The van der Waals surface area contributed by atoms with Crippen molar-refractivity contribution in [2.75, 3.05) is 13.2 Å². The molecule has 5 aliphatic heterocycles. The Morgan fingerprint density at radius 2 is 1.41 bits per heavy atom. The molecule has 5 saturated heterocycles. The monoisotopic (exact) mass is 910 g/mol. The highest BCUT2D eigenvalue weighted by Crippen LogP contribution is 2.70. The smallest absolute Gasteiger partial charge is 0.302 e. The van der Waals surface area contributed by atoms with Crippen molar-refractivity contribution < 1.29 is 78.8 Å². The Hall–Kier alpha value is -1.39. The summed E-state index contributed by atoms with van der Waals surface area (Å²) in [5.41, 5.74) is 1.52. The number of carbonyl (C=O) groups excluding carboxylic acids is 1. The largest absolute Gasteiger partial charge is 0.461 e. The predicted octanol–water partition coefficient (Wildman–Crippen LogP) is 0.724. The van der Waals surface area contributed by atoms with E-state index in [9.17, 15) is 45.6 Å². The fraction of sp³-hybridized carbons (Fsp3) is 0.936. The number of nitrogens with zero attached hydrogens (tertiary/aromatic N) is 1. The number of carbonyl (C=O) groups is 1. The summed E-state index contributed by atoms with van der Waals surface area (Å²) in [5.74, 6) is 2.95. The number of aliphatic hydroxyl groups excluding tert-OH is 8. The van der Waals surface area contributed by atoms with Crippen molar-refractivity contribution in [3.63, 3.8) is 0 Å². The van der Waals surface area contributed by atoms with E-state index in [1.165, 1.54) is 39.2 Å². The van der Waals surface area contributed by atoms with Gasteiger partial charge in [0.15, 0.2) is 18.9 Å². The third-order valence-electron chi connectivity index (χ3n) is 18.3. The molecule has 8 fully saturated rings. The predicted molar refractivity (Wildman–Crippen MR) is 224 cm³/mol. The van der Waals surface area contributed by atoms with Crippen LogP contribution in [-0.2, 0) is 38.0 Å². The average Bonchev–Trinajstić information content (AvgIpc) is 3.72. The zero-order valence-electron chi connectivity index (χ0n) is 38.4. The Kier molecular flexibility index (Phi) is 13.3.